The molecule has 2 heterocycles. The highest BCUT2D eigenvalue weighted by atomic mass is 35.5. The molecule has 2 aromatic carbocycles. The highest BCUT2D eigenvalue weighted by Crippen LogP contribution is 2.29. The lowest BCUT2D eigenvalue weighted by molar-refractivity contribution is 1.02. The quantitative estimate of drug-likeness (QED) is 0.404. The first-order valence-corrected chi connectivity index (χ1v) is 10.2. The average Bonchev–Trinajstić information content (AvgIpc) is 3.17. The number of halogens is 1. The summed E-state index contributed by atoms with van der Waals surface area (Å²) in [5.74, 6) is 1.38. The smallest absolute Gasteiger partial charge is 0.134 e. The maximum absolute atomic E-state index is 5.98. The van der Waals surface area contributed by atoms with E-state index in [4.69, 9.17) is 16.6 Å². The van der Waals surface area contributed by atoms with Crippen molar-refractivity contribution in [3.63, 3.8) is 0 Å². The lowest BCUT2D eigenvalue weighted by atomic mass is 10.1. The van der Waals surface area contributed by atoms with Gasteiger partial charge in [0.15, 0.2) is 0 Å². The summed E-state index contributed by atoms with van der Waals surface area (Å²) >= 11 is 7.64. The Kier molecular flexibility index (Phi) is 5.37. The van der Waals surface area contributed by atoms with E-state index in [1.165, 1.54) is 5.56 Å². The largest absolute Gasteiger partial charge is 0.366 e. The van der Waals surface area contributed by atoms with Crippen molar-refractivity contribution in [1.82, 2.24) is 15.0 Å². The fourth-order valence-corrected chi connectivity index (χ4v) is 3.90. The number of nitrogens with one attached hydrogen (secondary N) is 1. The monoisotopic (exact) mass is 406 g/mol. The van der Waals surface area contributed by atoms with Gasteiger partial charge in [-0.3, -0.25) is 0 Å². The molecule has 0 radical (unpaired) electrons. The molecule has 0 saturated carbocycles. The number of nitrogens with zero attached hydrogens (tertiary/aromatic N) is 3. The molecule has 0 aliphatic carbocycles. The average molecular weight is 407 g/mol. The number of thiazole rings is 1. The van der Waals surface area contributed by atoms with E-state index >= 15 is 0 Å². The normalized spacial score (nSPS) is 10.8. The van der Waals surface area contributed by atoms with Crippen LogP contribution in [0.25, 0.3) is 21.8 Å². The van der Waals surface area contributed by atoms with E-state index in [2.05, 4.69) is 76.1 Å². The summed E-state index contributed by atoms with van der Waals surface area (Å²) in [7, 11) is 0. The zero-order valence-electron chi connectivity index (χ0n) is 15.6. The van der Waals surface area contributed by atoms with Crippen LogP contribution in [0.2, 0.25) is 5.15 Å². The van der Waals surface area contributed by atoms with E-state index in [1.807, 2.05) is 6.92 Å². The maximum Gasteiger partial charge on any atom is 0.134 e. The van der Waals surface area contributed by atoms with E-state index < -0.39 is 0 Å². The van der Waals surface area contributed by atoms with E-state index in [9.17, 15) is 0 Å². The van der Waals surface area contributed by atoms with Gasteiger partial charge in [0.25, 0.3) is 0 Å². The Bertz CT molecular complexity index is 1070. The third kappa shape index (κ3) is 4.38. The van der Waals surface area contributed by atoms with E-state index in [0.717, 1.165) is 33.2 Å². The van der Waals surface area contributed by atoms with Crippen LogP contribution in [0.4, 0.5) is 5.82 Å². The Balaban J connectivity index is 1.45. The third-order valence-electron chi connectivity index (χ3n) is 4.33. The Labute approximate surface area is 173 Å². The molecule has 6 heteroatoms. The lowest BCUT2D eigenvalue weighted by Gasteiger charge is -2.07. The van der Waals surface area contributed by atoms with Gasteiger partial charge in [-0.05, 0) is 19.4 Å². The van der Waals surface area contributed by atoms with Gasteiger partial charge in [-0.1, -0.05) is 65.7 Å². The molecule has 0 aliphatic heterocycles. The Morgan fingerprint density at radius 3 is 2.32 bits per heavy atom. The molecule has 28 heavy (non-hydrogen) atoms. The van der Waals surface area contributed by atoms with Crippen LogP contribution in [0, 0.1) is 13.8 Å². The number of hydrogen-bond acceptors (Lipinski definition) is 5. The van der Waals surface area contributed by atoms with E-state index in [0.29, 0.717) is 17.5 Å². The molecule has 0 fully saturated rings. The van der Waals surface area contributed by atoms with Gasteiger partial charge in [-0.2, -0.15) is 0 Å². The van der Waals surface area contributed by atoms with Crippen LogP contribution in [0.3, 0.4) is 0 Å². The number of aromatic nitrogens is 3. The SMILES string of the molecule is Cc1ccc(-c2csc(-c3ccc(CNc4cc(Cl)nc(C)n4)cc3)n2)cc1. The molecular formula is C22H19ClN4S. The van der Waals surface area contributed by atoms with Gasteiger partial charge in [0, 0.05) is 29.1 Å². The topological polar surface area (TPSA) is 50.7 Å². The Hall–Kier alpha value is -2.76. The summed E-state index contributed by atoms with van der Waals surface area (Å²) in [6.45, 7) is 4.58. The minimum Gasteiger partial charge on any atom is -0.366 e. The molecule has 4 aromatic rings. The summed E-state index contributed by atoms with van der Waals surface area (Å²) in [5.41, 5.74) is 5.69. The third-order valence-corrected chi connectivity index (χ3v) is 5.42. The van der Waals surface area contributed by atoms with Crippen molar-refractivity contribution in [2.24, 2.45) is 0 Å². The second-order valence-electron chi connectivity index (χ2n) is 6.58. The second-order valence-corrected chi connectivity index (χ2v) is 7.82. The molecule has 0 spiro atoms. The van der Waals surface area contributed by atoms with Crippen LogP contribution in [-0.4, -0.2) is 15.0 Å². The first-order valence-electron chi connectivity index (χ1n) is 8.94. The van der Waals surface area contributed by atoms with Gasteiger partial charge in [-0.15, -0.1) is 11.3 Å². The second kappa shape index (κ2) is 8.09. The number of rotatable bonds is 5. The standard InChI is InChI=1S/C22H19ClN4S/c1-14-3-7-17(8-4-14)19-13-28-22(27-19)18-9-5-16(6-10-18)12-24-21-11-20(23)25-15(2)26-21/h3-11,13H,12H2,1-2H3,(H,24,25,26). The molecule has 0 amide bonds. The molecule has 0 atom stereocenters. The molecule has 4 rings (SSSR count). The maximum atomic E-state index is 5.98. The van der Waals surface area contributed by atoms with Crippen LogP contribution >= 0.6 is 22.9 Å². The molecule has 140 valence electrons. The molecule has 4 nitrogen and oxygen atoms in total. The van der Waals surface area contributed by atoms with Gasteiger partial charge in [0.05, 0.1) is 5.69 Å². The van der Waals surface area contributed by atoms with Gasteiger partial charge < -0.3 is 5.32 Å². The lowest BCUT2D eigenvalue weighted by Crippen LogP contribution is -2.03. The van der Waals surface area contributed by atoms with Crippen LogP contribution in [0.1, 0.15) is 17.0 Å². The van der Waals surface area contributed by atoms with Crippen molar-refractivity contribution in [2.45, 2.75) is 20.4 Å². The number of aryl methyl sites for hydroxylation is 2. The van der Waals surface area contributed by atoms with Crippen molar-refractivity contribution in [3.05, 3.63) is 82.1 Å². The molecule has 0 unspecified atom stereocenters. The molecule has 0 bridgehead atoms. The molecule has 0 saturated heterocycles. The van der Waals surface area contributed by atoms with E-state index in [-0.39, 0.29) is 0 Å². The summed E-state index contributed by atoms with van der Waals surface area (Å²) in [6, 6.07) is 18.6. The molecule has 0 aliphatic rings. The summed E-state index contributed by atoms with van der Waals surface area (Å²) in [5, 5.41) is 6.86. The molecule has 2 aromatic heterocycles. The summed E-state index contributed by atoms with van der Waals surface area (Å²) < 4.78 is 0. The predicted molar refractivity (Wildman–Crippen MR) is 117 cm³/mol. The molecule has 1 N–H and O–H groups in total. The highest BCUT2D eigenvalue weighted by molar-refractivity contribution is 7.13. The summed E-state index contributed by atoms with van der Waals surface area (Å²) in [6.07, 6.45) is 0. The fraction of sp³-hybridized carbons (Fsp3) is 0.136. The van der Waals surface area contributed by atoms with Gasteiger partial charge in [-0.25, -0.2) is 15.0 Å². The van der Waals surface area contributed by atoms with Gasteiger partial charge >= 0.3 is 0 Å². The van der Waals surface area contributed by atoms with Crippen molar-refractivity contribution < 1.29 is 0 Å². The Morgan fingerprint density at radius 2 is 1.61 bits per heavy atom. The number of benzene rings is 2. The first-order chi connectivity index (χ1) is 13.6. The van der Waals surface area contributed by atoms with Crippen LogP contribution in [0.5, 0.6) is 0 Å². The molecular weight excluding hydrogens is 388 g/mol. The van der Waals surface area contributed by atoms with Crippen LogP contribution in [-0.2, 0) is 6.54 Å². The Morgan fingerprint density at radius 1 is 0.893 bits per heavy atom. The van der Waals surface area contributed by atoms with Crippen LogP contribution < -0.4 is 5.32 Å². The van der Waals surface area contributed by atoms with E-state index in [1.54, 1.807) is 17.4 Å². The predicted octanol–water partition coefficient (Wildman–Crippen LogP) is 6.15. The van der Waals surface area contributed by atoms with Crippen molar-refractivity contribution in [1.29, 1.82) is 0 Å². The number of anilines is 1. The minimum absolute atomic E-state index is 0.443. The zero-order valence-corrected chi connectivity index (χ0v) is 17.2. The summed E-state index contributed by atoms with van der Waals surface area (Å²) in [4.78, 5) is 13.2. The fourth-order valence-electron chi connectivity index (χ4n) is 2.84. The van der Waals surface area contributed by atoms with Crippen molar-refractivity contribution in [2.75, 3.05) is 5.32 Å². The zero-order chi connectivity index (χ0) is 19.5. The van der Waals surface area contributed by atoms with Crippen molar-refractivity contribution >= 4 is 28.8 Å². The van der Waals surface area contributed by atoms with Crippen LogP contribution in [0.15, 0.2) is 60.0 Å². The minimum atomic E-state index is 0.443. The highest BCUT2D eigenvalue weighted by Gasteiger charge is 2.07. The first kappa shape index (κ1) is 18.6. The van der Waals surface area contributed by atoms with Crippen molar-refractivity contribution in [3.8, 4) is 21.8 Å². The number of hydrogen-bond donors (Lipinski definition) is 1. The van der Waals surface area contributed by atoms with Gasteiger partial charge in [0.2, 0.25) is 0 Å². The van der Waals surface area contributed by atoms with Gasteiger partial charge in [0.1, 0.15) is 21.8 Å².